The number of aromatic nitrogens is 1. The van der Waals surface area contributed by atoms with Gasteiger partial charge in [0.25, 0.3) is 0 Å². The second-order valence-corrected chi connectivity index (χ2v) is 4.36. The predicted octanol–water partition coefficient (Wildman–Crippen LogP) is 3.19. The van der Waals surface area contributed by atoms with Crippen molar-refractivity contribution >= 4 is 0 Å². The van der Waals surface area contributed by atoms with Crippen LogP contribution in [0.2, 0.25) is 0 Å². The number of nitriles is 1. The molecule has 0 bridgehead atoms. The fraction of sp³-hybridized carbons (Fsp3) is 0.267. The normalized spacial score (nSPS) is 10.1. The van der Waals surface area contributed by atoms with Gasteiger partial charge in [0.2, 0.25) is 0 Å². The van der Waals surface area contributed by atoms with E-state index in [0.717, 1.165) is 34.0 Å². The van der Waals surface area contributed by atoms with Crippen molar-refractivity contribution in [2.75, 3.05) is 14.2 Å². The van der Waals surface area contributed by atoms with Crippen LogP contribution in [0.1, 0.15) is 16.8 Å². The summed E-state index contributed by atoms with van der Waals surface area (Å²) in [5, 5.41) is 9.02. The lowest BCUT2D eigenvalue weighted by Crippen LogP contribution is -1.93. The smallest absolute Gasteiger partial charge is 0.128 e. The van der Waals surface area contributed by atoms with Crippen molar-refractivity contribution in [3.05, 3.63) is 35.0 Å². The number of benzene rings is 1. The highest BCUT2D eigenvalue weighted by Gasteiger charge is 2.13. The summed E-state index contributed by atoms with van der Waals surface area (Å²) in [5.74, 6) is 1.55. The van der Waals surface area contributed by atoms with E-state index >= 15 is 0 Å². The van der Waals surface area contributed by atoms with E-state index < -0.39 is 0 Å². The minimum absolute atomic E-state index is 0.636. The minimum atomic E-state index is 0.636. The van der Waals surface area contributed by atoms with Gasteiger partial charge < -0.3 is 14.5 Å². The van der Waals surface area contributed by atoms with Crippen LogP contribution < -0.4 is 9.47 Å². The molecule has 0 spiro atoms. The fourth-order valence-corrected chi connectivity index (χ4v) is 2.08. The second kappa shape index (κ2) is 5.07. The van der Waals surface area contributed by atoms with Crippen molar-refractivity contribution in [1.82, 2.24) is 4.98 Å². The van der Waals surface area contributed by atoms with Crippen LogP contribution in [0.4, 0.5) is 0 Å². The second-order valence-electron chi connectivity index (χ2n) is 4.36. The Morgan fingerprint density at radius 3 is 2.26 bits per heavy atom. The van der Waals surface area contributed by atoms with Gasteiger partial charge in [-0.15, -0.1) is 0 Å². The van der Waals surface area contributed by atoms with Crippen molar-refractivity contribution in [3.63, 3.8) is 0 Å². The van der Waals surface area contributed by atoms with Crippen LogP contribution in [-0.4, -0.2) is 19.2 Å². The molecule has 2 aromatic rings. The van der Waals surface area contributed by atoms with Crippen LogP contribution in [0, 0.1) is 25.2 Å². The van der Waals surface area contributed by atoms with Gasteiger partial charge in [0, 0.05) is 11.3 Å². The highest BCUT2D eigenvalue weighted by Crippen LogP contribution is 2.35. The molecule has 0 fully saturated rings. The summed E-state index contributed by atoms with van der Waals surface area (Å²) in [6.45, 7) is 3.84. The fourth-order valence-electron chi connectivity index (χ4n) is 2.08. The van der Waals surface area contributed by atoms with E-state index in [1.807, 2.05) is 32.0 Å². The first-order valence-corrected chi connectivity index (χ1v) is 5.93. The summed E-state index contributed by atoms with van der Waals surface area (Å²) < 4.78 is 10.7. The summed E-state index contributed by atoms with van der Waals surface area (Å²) in [5.41, 5.74) is 4.22. The maximum absolute atomic E-state index is 9.02. The quantitative estimate of drug-likeness (QED) is 0.917. The van der Waals surface area contributed by atoms with Gasteiger partial charge in [-0.1, -0.05) is 0 Å². The minimum Gasteiger partial charge on any atom is -0.496 e. The van der Waals surface area contributed by atoms with Crippen LogP contribution in [-0.2, 0) is 0 Å². The molecular formula is C15H16N2O2. The third kappa shape index (κ3) is 2.27. The van der Waals surface area contributed by atoms with Crippen LogP contribution in [0.25, 0.3) is 11.3 Å². The number of rotatable bonds is 3. The van der Waals surface area contributed by atoms with E-state index in [-0.39, 0.29) is 0 Å². The Morgan fingerprint density at radius 1 is 1.05 bits per heavy atom. The van der Waals surface area contributed by atoms with Crippen molar-refractivity contribution in [2.24, 2.45) is 0 Å². The number of H-pyrrole nitrogens is 1. The molecule has 0 radical (unpaired) electrons. The molecule has 1 N–H and O–H groups in total. The zero-order chi connectivity index (χ0) is 14.0. The van der Waals surface area contributed by atoms with Gasteiger partial charge in [-0.25, -0.2) is 0 Å². The van der Waals surface area contributed by atoms with Gasteiger partial charge in [-0.2, -0.15) is 5.26 Å². The number of nitrogens with one attached hydrogen (secondary N) is 1. The lowest BCUT2D eigenvalue weighted by atomic mass is 10.1. The van der Waals surface area contributed by atoms with Gasteiger partial charge in [0.1, 0.15) is 17.6 Å². The molecule has 1 aromatic carbocycles. The maximum Gasteiger partial charge on any atom is 0.128 e. The van der Waals surface area contributed by atoms with E-state index in [9.17, 15) is 0 Å². The molecule has 4 heteroatoms. The predicted molar refractivity (Wildman–Crippen MR) is 73.5 cm³/mol. The molecule has 0 aliphatic carbocycles. The SMILES string of the molecule is COc1cc(-c2cc(C#N)c(C)[nH]2)c(OC)cc1C. The first-order valence-electron chi connectivity index (χ1n) is 5.93. The topological polar surface area (TPSA) is 58.0 Å². The molecule has 1 heterocycles. The third-order valence-corrected chi connectivity index (χ3v) is 3.14. The molecule has 1 aromatic heterocycles. The summed E-state index contributed by atoms with van der Waals surface area (Å²) >= 11 is 0. The summed E-state index contributed by atoms with van der Waals surface area (Å²) in [4.78, 5) is 3.20. The van der Waals surface area contributed by atoms with E-state index in [2.05, 4.69) is 11.1 Å². The van der Waals surface area contributed by atoms with Gasteiger partial charge in [0.15, 0.2) is 0 Å². The molecule has 98 valence electrons. The van der Waals surface area contributed by atoms with E-state index in [1.54, 1.807) is 14.2 Å². The Morgan fingerprint density at radius 2 is 1.74 bits per heavy atom. The monoisotopic (exact) mass is 256 g/mol. The van der Waals surface area contributed by atoms with Crippen LogP contribution >= 0.6 is 0 Å². The van der Waals surface area contributed by atoms with Gasteiger partial charge in [0.05, 0.1) is 25.5 Å². The van der Waals surface area contributed by atoms with Crippen molar-refractivity contribution < 1.29 is 9.47 Å². The van der Waals surface area contributed by atoms with Crippen molar-refractivity contribution in [1.29, 1.82) is 5.26 Å². The van der Waals surface area contributed by atoms with Crippen LogP contribution in [0.5, 0.6) is 11.5 Å². The number of methoxy groups -OCH3 is 2. The molecule has 0 amide bonds. The summed E-state index contributed by atoms with van der Waals surface area (Å²) in [7, 11) is 3.27. The molecule has 0 unspecified atom stereocenters. The Kier molecular flexibility index (Phi) is 3.48. The number of aryl methyl sites for hydroxylation is 2. The Labute approximate surface area is 112 Å². The van der Waals surface area contributed by atoms with Gasteiger partial charge >= 0.3 is 0 Å². The lowest BCUT2D eigenvalue weighted by molar-refractivity contribution is 0.401. The summed E-state index contributed by atoms with van der Waals surface area (Å²) in [6.07, 6.45) is 0. The summed E-state index contributed by atoms with van der Waals surface area (Å²) in [6, 6.07) is 7.83. The zero-order valence-electron chi connectivity index (χ0n) is 11.5. The molecule has 19 heavy (non-hydrogen) atoms. The van der Waals surface area contributed by atoms with Crippen LogP contribution in [0.15, 0.2) is 18.2 Å². The average Bonchev–Trinajstić information content (AvgIpc) is 2.79. The number of hydrogen-bond acceptors (Lipinski definition) is 3. The molecule has 0 aliphatic heterocycles. The Bertz CT molecular complexity index is 651. The van der Waals surface area contributed by atoms with Gasteiger partial charge in [-0.05, 0) is 37.6 Å². The number of ether oxygens (including phenoxy) is 2. The molecule has 4 nitrogen and oxygen atoms in total. The highest BCUT2D eigenvalue weighted by atomic mass is 16.5. The molecule has 2 rings (SSSR count). The van der Waals surface area contributed by atoms with E-state index in [1.165, 1.54) is 0 Å². The number of aromatic amines is 1. The molecule has 0 aliphatic rings. The number of hydrogen-bond donors (Lipinski definition) is 1. The Hall–Kier alpha value is -2.41. The van der Waals surface area contributed by atoms with Gasteiger partial charge in [-0.3, -0.25) is 0 Å². The van der Waals surface area contributed by atoms with Crippen molar-refractivity contribution in [3.8, 4) is 28.8 Å². The number of nitrogens with zero attached hydrogens (tertiary/aromatic N) is 1. The van der Waals surface area contributed by atoms with E-state index in [4.69, 9.17) is 14.7 Å². The maximum atomic E-state index is 9.02. The van der Waals surface area contributed by atoms with Crippen LogP contribution in [0.3, 0.4) is 0 Å². The highest BCUT2D eigenvalue weighted by molar-refractivity contribution is 5.72. The van der Waals surface area contributed by atoms with E-state index in [0.29, 0.717) is 5.56 Å². The molecule has 0 atom stereocenters. The third-order valence-electron chi connectivity index (χ3n) is 3.14. The lowest BCUT2D eigenvalue weighted by Gasteiger charge is -2.12. The molecule has 0 saturated heterocycles. The first-order chi connectivity index (χ1) is 9.10. The first kappa shape index (κ1) is 13.0. The van der Waals surface area contributed by atoms with Crippen molar-refractivity contribution in [2.45, 2.75) is 13.8 Å². The molecular weight excluding hydrogens is 240 g/mol. The standard InChI is InChI=1S/C15H16N2O2/c1-9-5-15(19-4)12(7-14(9)18-3)13-6-11(8-16)10(2)17-13/h5-7,17H,1-4H3. The Balaban J connectivity index is 2.63. The molecule has 0 saturated carbocycles. The zero-order valence-corrected chi connectivity index (χ0v) is 11.5. The average molecular weight is 256 g/mol. The largest absolute Gasteiger partial charge is 0.496 e.